The van der Waals surface area contributed by atoms with Crippen molar-refractivity contribution in [2.75, 3.05) is 6.54 Å². The molecule has 4 aliphatic carbocycles. The lowest BCUT2D eigenvalue weighted by atomic mass is 9.43. The zero-order chi connectivity index (χ0) is 24.1. The third-order valence-corrected chi connectivity index (χ3v) is 10.8. The Morgan fingerprint density at radius 2 is 1.76 bits per heavy atom. The predicted octanol–water partition coefficient (Wildman–Crippen LogP) is 2.56. The van der Waals surface area contributed by atoms with Crippen LogP contribution in [0.15, 0.2) is 0 Å². The molecule has 0 aliphatic heterocycles. The maximum atomic E-state index is 12.0. The molecule has 7 nitrogen and oxygen atoms in total. The van der Waals surface area contributed by atoms with Gasteiger partial charge in [-0.25, -0.2) is 0 Å². The van der Waals surface area contributed by atoms with Crippen molar-refractivity contribution in [2.24, 2.45) is 46.3 Å². The van der Waals surface area contributed by atoms with Crippen molar-refractivity contribution in [3.05, 3.63) is 0 Å². The molecule has 0 heterocycles. The second-order valence-electron chi connectivity index (χ2n) is 12.2. The first-order valence-electron chi connectivity index (χ1n) is 13.0. The van der Waals surface area contributed by atoms with Crippen LogP contribution < -0.4 is 5.32 Å². The van der Waals surface area contributed by atoms with Gasteiger partial charge in [-0.1, -0.05) is 20.8 Å². The molecule has 11 atom stereocenters. The fraction of sp³-hybridized carbons (Fsp3) is 0.923. The van der Waals surface area contributed by atoms with Crippen molar-refractivity contribution in [1.82, 2.24) is 5.32 Å². The van der Waals surface area contributed by atoms with Crippen LogP contribution in [0.5, 0.6) is 0 Å². The van der Waals surface area contributed by atoms with Gasteiger partial charge in [0.05, 0.1) is 18.3 Å². The van der Waals surface area contributed by atoms with E-state index in [1.54, 1.807) is 0 Å². The van der Waals surface area contributed by atoms with E-state index in [-0.39, 0.29) is 65.1 Å². The zero-order valence-corrected chi connectivity index (χ0v) is 20.4. The minimum atomic E-state index is -1.04. The summed E-state index contributed by atoms with van der Waals surface area (Å²) in [7, 11) is 0. The van der Waals surface area contributed by atoms with E-state index in [1.165, 1.54) is 0 Å². The van der Waals surface area contributed by atoms with Crippen LogP contribution in [0.1, 0.15) is 78.6 Å². The van der Waals surface area contributed by atoms with Gasteiger partial charge in [-0.15, -0.1) is 0 Å². The SMILES string of the molecule is CC(CCC(=O)NCC(=O)O)C1CCC2C3C(O)CC4CC(O)CC[C@]4(C)C3CC(O)[C@]12C. The number of nitrogens with one attached hydrogen (secondary N) is 1. The number of hydrogen-bond acceptors (Lipinski definition) is 5. The Balaban J connectivity index is 1.49. The van der Waals surface area contributed by atoms with E-state index in [4.69, 9.17) is 5.11 Å². The molecule has 33 heavy (non-hydrogen) atoms. The maximum Gasteiger partial charge on any atom is 0.322 e. The van der Waals surface area contributed by atoms with E-state index < -0.39 is 12.1 Å². The monoisotopic (exact) mass is 465 g/mol. The summed E-state index contributed by atoms with van der Waals surface area (Å²) in [4.78, 5) is 22.7. The zero-order valence-electron chi connectivity index (χ0n) is 20.4. The third kappa shape index (κ3) is 4.23. The van der Waals surface area contributed by atoms with E-state index >= 15 is 0 Å². The molecule has 4 aliphatic rings. The van der Waals surface area contributed by atoms with Crippen LogP contribution >= 0.6 is 0 Å². The average Bonchev–Trinajstić information content (AvgIpc) is 3.11. The fourth-order valence-corrected chi connectivity index (χ4v) is 8.95. The first-order valence-corrected chi connectivity index (χ1v) is 13.0. The summed E-state index contributed by atoms with van der Waals surface area (Å²) < 4.78 is 0. The number of carbonyl (C=O) groups is 2. The smallest absolute Gasteiger partial charge is 0.322 e. The summed E-state index contributed by atoms with van der Waals surface area (Å²) in [5.41, 5.74) is -0.214. The molecule has 0 aromatic carbocycles. The minimum Gasteiger partial charge on any atom is -0.480 e. The van der Waals surface area contributed by atoms with Gasteiger partial charge in [-0.2, -0.15) is 0 Å². The van der Waals surface area contributed by atoms with Crippen LogP contribution in [-0.2, 0) is 9.59 Å². The van der Waals surface area contributed by atoms with Crippen molar-refractivity contribution < 1.29 is 30.0 Å². The number of rotatable bonds is 6. The number of aliphatic carboxylic acids is 1. The van der Waals surface area contributed by atoms with Crippen LogP contribution in [-0.4, -0.2) is 57.2 Å². The third-order valence-electron chi connectivity index (χ3n) is 10.8. The number of amides is 1. The first-order chi connectivity index (χ1) is 15.5. The van der Waals surface area contributed by atoms with Crippen molar-refractivity contribution in [3.63, 3.8) is 0 Å². The Hall–Kier alpha value is -1.18. The summed E-state index contributed by atoms with van der Waals surface area (Å²) in [6, 6.07) is 0. The lowest BCUT2D eigenvalue weighted by molar-refractivity contribution is -0.207. The van der Waals surface area contributed by atoms with E-state index in [0.717, 1.165) is 38.5 Å². The predicted molar refractivity (Wildman–Crippen MR) is 123 cm³/mol. The molecule has 0 radical (unpaired) electrons. The first kappa shape index (κ1) is 24.9. The Kier molecular flexibility index (Phi) is 6.89. The number of carbonyl (C=O) groups excluding carboxylic acids is 1. The van der Waals surface area contributed by atoms with Crippen molar-refractivity contribution in [3.8, 4) is 0 Å². The molecule has 0 spiro atoms. The molecule has 0 aromatic rings. The highest BCUT2D eigenvalue weighted by molar-refractivity contribution is 5.81. The lowest BCUT2D eigenvalue weighted by Gasteiger charge is -2.63. The molecular formula is C26H43NO6. The summed E-state index contributed by atoms with van der Waals surface area (Å²) in [5, 5.41) is 44.4. The summed E-state index contributed by atoms with van der Waals surface area (Å²) >= 11 is 0. The van der Waals surface area contributed by atoms with Gasteiger partial charge in [0.2, 0.25) is 5.91 Å². The molecule has 9 unspecified atom stereocenters. The van der Waals surface area contributed by atoms with E-state index in [0.29, 0.717) is 25.2 Å². The van der Waals surface area contributed by atoms with Crippen molar-refractivity contribution in [2.45, 2.75) is 96.9 Å². The molecule has 5 N–H and O–H groups in total. The molecule has 7 heteroatoms. The van der Waals surface area contributed by atoms with E-state index in [2.05, 4.69) is 26.1 Å². The molecule has 4 saturated carbocycles. The molecule has 4 fully saturated rings. The van der Waals surface area contributed by atoms with E-state index in [1.807, 2.05) is 0 Å². The summed E-state index contributed by atoms with van der Waals surface area (Å²) in [5.74, 6) is 0.265. The van der Waals surface area contributed by atoms with Gasteiger partial charge in [0, 0.05) is 6.42 Å². The average molecular weight is 466 g/mol. The molecule has 0 aromatic heterocycles. The highest BCUT2D eigenvalue weighted by Gasteiger charge is 2.65. The van der Waals surface area contributed by atoms with Crippen LogP contribution in [0.2, 0.25) is 0 Å². The van der Waals surface area contributed by atoms with Crippen molar-refractivity contribution >= 4 is 11.9 Å². The van der Waals surface area contributed by atoms with Crippen LogP contribution in [0, 0.1) is 46.3 Å². The number of hydrogen-bond donors (Lipinski definition) is 5. The second-order valence-corrected chi connectivity index (χ2v) is 12.2. The Morgan fingerprint density at radius 3 is 2.45 bits per heavy atom. The van der Waals surface area contributed by atoms with Gasteiger partial charge in [-0.05, 0) is 97.7 Å². The largest absolute Gasteiger partial charge is 0.480 e. The van der Waals surface area contributed by atoms with Crippen molar-refractivity contribution in [1.29, 1.82) is 0 Å². The highest BCUT2D eigenvalue weighted by atomic mass is 16.4. The van der Waals surface area contributed by atoms with Gasteiger partial charge in [0.1, 0.15) is 6.54 Å². The van der Waals surface area contributed by atoms with E-state index in [9.17, 15) is 24.9 Å². The van der Waals surface area contributed by atoms with Crippen LogP contribution in [0.4, 0.5) is 0 Å². The molecule has 0 saturated heterocycles. The number of carboxylic acids is 1. The second kappa shape index (κ2) is 9.12. The fourth-order valence-electron chi connectivity index (χ4n) is 8.95. The molecule has 0 bridgehead atoms. The minimum absolute atomic E-state index is 0.0668. The molecule has 188 valence electrons. The molecule has 1 amide bonds. The highest BCUT2D eigenvalue weighted by Crippen LogP contribution is 2.68. The Labute approximate surface area is 197 Å². The summed E-state index contributed by atoms with van der Waals surface area (Å²) in [6.45, 7) is 6.35. The Bertz CT molecular complexity index is 759. The number of aliphatic hydroxyl groups is 3. The van der Waals surface area contributed by atoms with Crippen LogP contribution in [0.25, 0.3) is 0 Å². The number of carboxylic acid groups (broad SMARTS) is 1. The standard InChI is InChI=1S/C26H43NO6/c1-14(4-7-22(31)27-13-23(32)33)17-5-6-18-24-19(12-21(30)26(17,18)3)25(2)9-8-16(28)10-15(25)11-20(24)29/h14-21,24,28-30H,4-13H2,1-3H3,(H,27,31)(H,32,33)/t14?,15?,16?,17?,18?,19?,20?,21?,24?,25-,26+/m0/s1. The quantitative estimate of drug-likeness (QED) is 0.410. The number of aliphatic hydroxyl groups excluding tert-OH is 3. The summed E-state index contributed by atoms with van der Waals surface area (Å²) in [6.07, 6.45) is 5.86. The Morgan fingerprint density at radius 1 is 1.03 bits per heavy atom. The topological polar surface area (TPSA) is 127 Å². The normalized spacial score (nSPS) is 47.7. The van der Waals surface area contributed by atoms with Gasteiger partial charge < -0.3 is 25.7 Å². The molecule has 4 rings (SSSR count). The maximum absolute atomic E-state index is 12.0. The van der Waals surface area contributed by atoms with Gasteiger partial charge in [0.25, 0.3) is 0 Å². The molecular weight excluding hydrogens is 422 g/mol. The van der Waals surface area contributed by atoms with Crippen LogP contribution in [0.3, 0.4) is 0 Å². The number of fused-ring (bicyclic) bond motifs is 5. The van der Waals surface area contributed by atoms with Gasteiger partial charge in [0.15, 0.2) is 0 Å². The van der Waals surface area contributed by atoms with Gasteiger partial charge >= 0.3 is 5.97 Å². The van der Waals surface area contributed by atoms with Gasteiger partial charge in [-0.3, -0.25) is 9.59 Å². The lowest BCUT2D eigenvalue weighted by Crippen LogP contribution is -2.62.